The number of rotatable bonds is 4. The number of carboxylic acids is 1. The maximum Gasteiger partial charge on any atom is 0.326 e. The number of nitro benzene ring substituents is 1. The van der Waals surface area contributed by atoms with Gasteiger partial charge in [-0.2, -0.15) is 0 Å². The SMILES string of the molecule is CNC(=O)c1ccc([N+](=O)[O-])c(N2CCCC2C(=O)O)c1. The zero-order chi connectivity index (χ0) is 15.6. The fourth-order valence-electron chi connectivity index (χ4n) is 2.51. The zero-order valence-corrected chi connectivity index (χ0v) is 11.4. The molecule has 2 N–H and O–H groups in total. The molecule has 1 aliphatic heterocycles. The number of amides is 1. The van der Waals surface area contributed by atoms with Crippen LogP contribution in [0.3, 0.4) is 0 Å². The van der Waals surface area contributed by atoms with Gasteiger partial charge in [0.05, 0.1) is 4.92 Å². The van der Waals surface area contributed by atoms with Gasteiger partial charge < -0.3 is 15.3 Å². The molecule has 8 nitrogen and oxygen atoms in total. The van der Waals surface area contributed by atoms with Gasteiger partial charge in [0.2, 0.25) is 0 Å². The molecule has 21 heavy (non-hydrogen) atoms. The minimum Gasteiger partial charge on any atom is -0.480 e. The van der Waals surface area contributed by atoms with Gasteiger partial charge >= 0.3 is 5.97 Å². The van der Waals surface area contributed by atoms with E-state index < -0.39 is 16.9 Å². The average Bonchev–Trinajstić information content (AvgIpc) is 2.95. The van der Waals surface area contributed by atoms with E-state index in [-0.39, 0.29) is 22.8 Å². The number of nitro groups is 1. The largest absolute Gasteiger partial charge is 0.480 e. The van der Waals surface area contributed by atoms with Crippen molar-refractivity contribution in [3.8, 4) is 0 Å². The predicted octanol–water partition coefficient (Wildman–Crippen LogP) is 1.01. The van der Waals surface area contributed by atoms with Crippen LogP contribution in [0, 0.1) is 10.1 Å². The van der Waals surface area contributed by atoms with E-state index >= 15 is 0 Å². The molecule has 0 bridgehead atoms. The molecule has 1 fully saturated rings. The molecule has 0 aliphatic carbocycles. The lowest BCUT2D eigenvalue weighted by molar-refractivity contribution is -0.384. The number of carboxylic acid groups (broad SMARTS) is 1. The highest BCUT2D eigenvalue weighted by Crippen LogP contribution is 2.34. The molecule has 1 aliphatic rings. The monoisotopic (exact) mass is 293 g/mol. The number of benzene rings is 1. The Hall–Kier alpha value is -2.64. The summed E-state index contributed by atoms with van der Waals surface area (Å²) in [5.74, 6) is -1.40. The van der Waals surface area contributed by atoms with E-state index in [1.165, 1.54) is 30.1 Å². The van der Waals surface area contributed by atoms with Gasteiger partial charge in [0.15, 0.2) is 0 Å². The number of aliphatic carboxylic acids is 1. The van der Waals surface area contributed by atoms with E-state index in [1.54, 1.807) is 0 Å². The highest BCUT2D eigenvalue weighted by atomic mass is 16.6. The number of nitrogens with zero attached hydrogens (tertiary/aromatic N) is 2. The van der Waals surface area contributed by atoms with Gasteiger partial charge in [0.25, 0.3) is 11.6 Å². The first-order valence-electron chi connectivity index (χ1n) is 6.45. The van der Waals surface area contributed by atoms with Gasteiger partial charge in [-0.1, -0.05) is 0 Å². The first kappa shape index (κ1) is 14.8. The smallest absolute Gasteiger partial charge is 0.326 e. The van der Waals surface area contributed by atoms with E-state index in [1.807, 2.05) is 0 Å². The fraction of sp³-hybridized carbons (Fsp3) is 0.385. The van der Waals surface area contributed by atoms with Crippen LogP contribution in [0.1, 0.15) is 23.2 Å². The number of carbonyl (C=O) groups excluding carboxylic acids is 1. The summed E-state index contributed by atoms with van der Waals surface area (Å²) in [5, 5.41) is 22.8. The molecule has 0 radical (unpaired) electrons. The first-order valence-corrected chi connectivity index (χ1v) is 6.45. The van der Waals surface area contributed by atoms with Crippen LogP contribution in [0.4, 0.5) is 11.4 Å². The third-order valence-electron chi connectivity index (χ3n) is 3.51. The lowest BCUT2D eigenvalue weighted by Crippen LogP contribution is -2.36. The number of carbonyl (C=O) groups is 2. The Morgan fingerprint density at radius 1 is 1.48 bits per heavy atom. The Labute approximate surface area is 120 Å². The summed E-state index contributed by atoms with van der Waals surface area (Å²) >= 11 is 0. The number of hydrogen-bond acceptors (Lipinski definition) is 5. The van der Waals surface area contributed by atoms with Gasteiger partial charge in [0.1, 0.15) is 11.7 Å². The van der Waals surface area contributed by atoms with Crippen molar-refractivity contribution in [3.05, 3.63) is 33.9 Å². The van der Waals surface area contributed by atoms with Crippen LogP contribution in [-0.4, -0.2) is 41.5 Å². The fourth-order valence-corrected chi connectivity index (χ4v) is 2.51. The van der Waals surface area contributed by atoms with E-state index in [9.17, 15) is 24.8 Å². The standard InChI is InChI=1S/C13H15N3O5/c1-14-12(17)8-4-5-9(16(20)21)11(7-8)15-6-2-3-10(15)13(18)19/h4-5,7,10H,2-3,6H2,1H3,(H,14,17)(H,18,19). The maximum atomic E-state index is 11.7. The Bertz CT molecular complexity index is 601. The third kappa shape index (κ3) is 2.78. The molecule has 0 aromatic heterocycles. The predicted molar refractivity (Wildman–Crippen MR) is 74.5 cm³/mol. The summed E-state index contributed by atoms with van der Waals surface area (Å²) in [7, 11) is 1.46. The van der Waals surface area contributed by atoms with Crippen LogP contribution >= 0.6 is 0 Å². The van der Waals surface area contributed by atoms with Crippen LogP contribution in [0.25, 0.3) is 0 Å². The molecule has 2 rings (SSSR count). The van der Waals surface area contributed by atoms with Gasteiger partial charge in [0, 0.05) is 25.2 Å². The molecular formula is C13H15N3O5. The van der Waals surface area contributed by atoms with E-state index in [2.05, 4.69) is 5.32 Å². The Kier molecular flexibility index (Phi) is 4.06. The van der Waals surface area contributed by atoms with Crippen molar-refractivity contribution in [1.82, 2.24) is 5.32 Å². The Morgan fingerprint density at radius 2 is 2.19 bits per heavy atom. The number of hydrogen-bond donors (Lipinski definition) is 2. The number of anilines is 1. The molecule has 1 saturated heterocycles. The lowest BCUT2D eigenvalue weighted by atomic mass is 10.1. The first-order chi connectivity index (χ1) is 9.95. The topological polar surface area (TPSA) is 113 Å². The molecule has 0 spiro atoms. The summed E-state index contributed by atoms with van der Waals surface area (Å²) in [5.41, 5.74) is 0.232. The molecular weight excluding hydrogens is 278 g/mol. The van der Waals surface area contributed by atoms with Crippen molar-refractivity contribution in [2.24, 2.45) is 0 Å². The Balaban J connectivity index is 2.50. The van der Waals surface area contributed by atoms with Gasteiger partial charge in [-0.15, -0.1) is 0 Å². The third-order valence-corrected chi connectivity index (χ3v) is 3.51. The van der Waals surface area contributed by atoms with Crippen LogP contribution in [0.15, 0.2) is 18.2 Å². The van der Waals surface area contributed by atoms with Crippen molar-refractivity contribution < 1.29 is 19.6 Å². The summed E-state index contributed by atoms with van der Waals surface area (Å²) in [4.78, 5) is 35.0. The van der Waals surface area contributed by atoms with Crippen LogP contribution in [0.2, 0.25) is 0 Å². The van der Waals surface area contributed by atoms with Crippen LogP contribution < -0.4 is 10.2 Å². The molecule has 1 unspecified atom stereocenters. The molecule has 1 aromatic rings. The second-order valence-electron chi connectivity index (χ2n) is 4.73. The highest BCUT2D eigenvalue weighted by Gasteiger charge is 2.34. The normalized spacial score (nSPS) is 17.6. The van der Waals surface area contributed by atoms with E-state index in [4.69, 9.17) is 0 Å². The van der Waals surface area contributed by atoms with Crippen LogP contribution in [0.5, 0.6) is 0 Å². The second kappa shape index (κ2) is 5.78. The zero-order valence-electron chi connectivity index (χ0n) is 11.4. The quantitative estimate of drug-likeness (QED) is 0.632. The summed E-state index contributed by atoms with van der Waals surface area (Å²) in [6, 6.07) is 3.16. The molecule has 1 atom stereocenters. The van der Waals surface area contributed by atoms with Gasteiger partial charge in [-0.25, -0.2) is 4.79 Å². The van der Waals surface area contributed by atoms with Gasteiger partial charge in [-0.05, 0) is 25.0 Å². The second-order valence-corrected chi connectivity index (χ2v) is 4.73. The molecule has 1 heterocycles. The van der Waals surface area contributed by atoms with Crippen molar-refractivity contribution in [2.45, 2.75) is 18.9 Å². The summed E-state index contributed by atoms with van der Waals surface area (Å²) in [6.45, 7) is 0.412. The van der Waals surface area contributed by atoms with Crippen molar-refractivity contribution >= 4 is 23.3 Å². The van der Waals surface area contributed by atoms with Crippen LogP contribution in [-0.2, 0) is 4.79 Å². The van der Waals surface area contributed by atoms with E-state index in [0.717, 1.165) is 0 Å². The molecule has 1 amide bonds. The molecule has 112 valence electrons. The molecule has 0 saturated carbocycles. The number of nitrogens with one attached hydrogen (secondary N) is 1. The van der Waals surface area contributed by atoms with E-state index in [0.29, 0.717) is 19.4 Å². The Morgan fingerprint density at radius 3 is 2.76 bits per heavy atom. The van der Waals surface area contributed by atoms with Crippen molar-refractivity contribution in [1.29, 1.82) is 0 Å². The molecule has 8 heteroatoms. The maximum absolute atomic E-state index is 11.7. The highest BCUT2D eigenvalue weighted by molar-refractivity contribution is 5.96. The minimum atomic E-state index is -1.02. The summed E-state index contributed by atoms with van der Waals surface area (Å²) < 4.78 is 0. The van der Waals surface area contributed by atoms with Gasteiger partial charge in [-0.3, -0.25) is 14.9 Å². The van der Waals surface area contributed by atoms with Crippen molar-refractivity contribution in [3.63, 3.8) is 0 Å². The molecule has 1 aromatic carbocycles. The lowest BCUT2D eigenvalue weighted by Gasteiger charge is -2.23. The average molecular weight is 293 g/mol. The summed E-state index contributed by atoms with van der Waals surface area (Å²) in [6.07, 6.45) is 1.06. The van der Waals surface area contributed by atoms with Crippen molar-refractivity contribution in [2.75, 3.05) is 18.5 Å². The minimum absolute atomic E-state index is 0.172.